The number of nitrogens with one attached hydrogen (secondary N) is 1. The number of carbonyl (C=O) groups is 1. The molecule has 0 aromatic heterocycles. The van der Waals surface area contributed by atoms with E-state index in [4.69, 9.17) is 11.6 Å². The molecule has 0 fully saturated rings. The van der Waals surface area contributed by atoms with Crippen LogP contribution in [0.3, 0.4) is 0 Å². The first-order valence-electron chi connectivity index (χ1n) is 6.96. The molecular weight excluding hydrogens is 355 g/mol. The Balaban J connectivity index is 2.21. The van der Waals surface area contributed by atoms with Crippen molar-refractivity contribution in [1.29, 1.82) is 0 Å². The zero-order chi connectivity index (χ0) is 17.9. The monoisotopic (exact) mass is 370 g/mol. The van der Waals surface area contributed by atoms with Crippen molar-refractivity contribution in [1.82, 2.24) is 9.62 Å². The molecule has 0 aliphatic carbocycles. The molecule has 8 heteroatoms. The standard InChI is InChI=1S/C16H16ClFN2O3S/c1-20(2)24(22,23)15-9-12(6-7-14(15)17)16(21)19-10-11-4-3-5-13(18)8-11/h3-9H,10H2,1-2H3,(H,19,21). The van der Waals surface area contributed by atoms with Crippen molar-refractivity contribution in [2.75, 3.05) is 14.1 Å². The van der Waals surface area contributed by atoms with Crippen LogP contribution in [0.2, 0.25) is 5.02 Å². The Hall–Kier alpha value is -1.96. The minimum absolute atomic E-state index is 0.0328. The lowest BCUT2D eigenvalue weighted by Crippen LogP contribution is -2.25. The number of benzene rings is 2. The van der Waals surface area contributed by atoms with Crippen molar-refractivity contribution in [3.8, 4) is 0 Å². The molecule has 0 saturated carbocycles. The lowest BCUT2D eigenvalue weighted by Gasteiger charge is -2.14. The smallest absolute Gasteiger partial charge is 0.251 e. The normalized spacial score (nSPS) is 11.5. The van der Waals surface area contributed by atoms with Crippen LogP contribution in [0.15, 0.2) is 47.4 Å². The summed E-state index contributed by atoms with van der Waals surface area (Å²) in [7, 11) is -1.01. The summed E-state index contributed by atoms with van der Waals surface area (Å²) in [5, 5.41) is 2.65. The molecule has 0 unspecified atom stereocenters. The quantitative estimate of drug-likeness (QED) is 0.879. The summed E-state index contributed by atoms with van der Waals surface area (Å²) < 4.78 is 38.6. The highest BCUT2D eigenvalue weighted by molar-refractivity contribution is 7.89. The summed E-state index contributed by atoms with van der Waals surface area (Å²) in [5.74, 6) is -0.876. The van der Waals surface area contributed by atoms with Gasteiger partial charge in [-0.1, -0.05) is 23.7 Å². The van der Waals surface area contributed by atoms with Crippen LogP contribution in [-0.2, 0) is 16.6 Å². The van der Waals surface area contributed by atoms with Crippen LogP contribution in [0.4, 0.5) is 4.39 Å². The molecule has 2 aromatic carbocycles. The molecule has 0 aliphatic rings. The second-order valence-electron chi connectivity index (χ2n) is 5.25. The minimum atomic E-state index is -3.76. The maximum atomic E-state index is 13.1. The molecule has 2 rings (SSSR count). The molecule has 0 saturated heterocycles. The zero-order valence-corrected chi connectivity index (χ0v) is 14.7. The summed E-state index contributed by atoms with van der Waals surface area (Å²) in [6, 6.07) is 9.84. The van der Waals surface area contributed by atoms with Crippen LogP contribution in [0.5, 0.6) is 0 Å². The van der Waals surface area contributed by atoms with Crippen molar-refractivity contribution in [2.45, 2.75) is 11.4 Å². The molecule has 0 spiro atoms. The van der Waals surface area contributed by atoms with Gasteiger partial charge in [0.25, 0.3) is 5.91 Å². The number of amides is 1. The van der Waals surface area contributed by atoms with Gasteiger partial charge in [0.15, 0.2) is 0 Å². The predicted molar refractivity (Wildman–Crippen MR) is 89.9 cm³/mol. The average Bonchev–Trinajstić information content (AvgIpc) is 2.52. The largest absolute Gasteiger partial charge is 0.348 e. The number of hydrogen-bond donors (Lipinski definition) is 1. The Morgan fingerprint density at radius 2 is 1.92 bits per heavy atom. The van der Waals surface area contributed by atoms with E-state index in [1.165, 1.54) is 44.4 Å². The van der Waals surface area contributed by atoms with Crippen LogP contribution in [0, 0.1) is 5.82 Å². The van der Waals surface area contributed by atoms with E-state index in [9.17, 15) is 17.6 Å². The third kappa shape index (κ3) is 4.11. The maximum Gasteiger partial charge on any atom is 0.251 e. The molecule has 0 bridgehead atoms. The summed E-state index contributed by atoms with van der Waals surface area (Å²) >= 11 is 5.94. The molecule has 128 valence electrons. The van der Waals surface area contributed by atoms with Crippen molar-refractivity contribution in [3.63, 3.8) is 0 Å². The molecule has 24 heavy (non-hydrogen) atoms. The van der Waals surface area contributed by atoms with Crippen molar-refractivity contribution in [2.24, 2.45) is 0 Å². The third-order valence-electron chi connectivity index (χ3n) is 3.29. The van der Waals surface area contributed by atoms with E-state index in [1.807, 2.05) is 0 Å². The second-order valence-corrected chi connectivity index (χ2v) is 7.77. The van der Waals surface area contributed by atoms with Gasteiger partial charge in [-0.15, -0.1) is 0 Å². The molecule has 0 heterocycles. The molecular formula is C16H16ClFN2O3S. The van der Waals surface area contributed by atoms with E-state index >= 15 is 0 Å². The Morgan fingerprint density at radius 1 is 1.21 bits per heavy atom. The highest BCUT2D eigenvalue weighted by Gasteiger charge is 2.22. The molecule has 0 aliphatic heterocycles. The van der Waals surface area contributed by atoms with E-state index < -0.39 is 21.7 Å². The number of sulfonamides is 1. The maximum absolute atomic E-state index is 13.1. The van der Waals surface area contributed by atoms with E-state index in [2.05, 4.69) is 5.32 Å². The molecule has 1 N–H and O–H groups in total. The van der Waals surface area contributed by atoms with E-state index in [1.54, 1.807) is 12.1 Å². The summed E-state index contributed by atoms with van der Waals surface area (Å²) in [5.41, 5.74) is 0.745. The molecule has 5 nitrogen and oxygen atoms in total. The van der Waals surface area contributed by atoms with E-state index in [0.717, 1.165) is 4.31 Å². The molecule has 1 amide bonds. The van der Waals surface area contributed by atoms with Crippen molar-refractivity contribution in [3.05, 3.63) is 64.4 Å². The first-order valence-corrected chi connectivity index (χ1v) is 8.78. The van der Waals surface area contributed by atoms with Crippen LogP contribution in [0.25, 0.3) is 0 Å². The number of hydrogen-bond acceptors (Lipinski definition) is 3. The van der Waals surface area contributed by atoms with Gasteiger partial charge in [0.05, 0.1) is 5.02 Å². The number of rotatable bonds is 5. The van der Waals surface area contributed by atoms with Crippen molar-refractivity contribution < 1.29 is 17.6 Å². The lowest BCUT2D eigenvalue weighted by molar-refractivity contribution is 0.0950. The number of nitrogens with zero attached hydrogens (tertiary/aromatic N) is 1. The Labute approximate surface area is 145 Å². The molecule has 0 atom stereocenters. The van der Waals surface area contributed by atoms with Gasteiger partial charge in [-0.2, -0.15) is 0 Å². The molecule has 0 radical (unpaired) electrons. The minimum Gasteiger partial charge on any atom is -0.348 e. The lowest BCUT2D eigenvalue weighted by atomic mass is 10.2. The fourth-order valence-electron chi connectivity index (χ4n) is 1.97. The van der Waals surface area contributed by atoms with Crippen LogP contribution >= 0.6 is 11.6 Å². The Kier molecular flexibility index (Phi) is 5.58. The highest BCUT2D eigenvalue weighted by atomic mass is 35.5. The number of carbonyl (C=O) groups excluding carboxylic acids is 1. The summed E-state index contributed by atoms with van der Waals surface area (Å²) in [4.78, 5) is 12.1. The zero-order valence-electron chi connectivity index (χ0n) is 13.1. The van der Waals surface area contributed by atoms with Gasteiger partial charge in [0, 0.05) is 26.2 Å². The van der Waals surface area contributed by atoms with E-state index in [0.29, 0.717) is 5.56 Å². The topological polar surface area (TPSA) is 66.5 Å². The van der Waals surface area contributed by atoms with Gasteiger partial charge in [-0.05, 0) is 35.9 Å². The van der Waals surface area contributed by atoms with Gasteiger partial charge in [0.1, 0.15) is 10.7 Å². The van der Waals surface area contributed by atoms with Gasteiger partial charge < -0.3 is 5.32 Å². The van der Waals surface area contributed by atoms with E-state index in [-0.39, 0.29) is 22.0 Å². The van der Waals surface area contributed by atoms with Crippen LogP contribution in [-0.4, -0.2) is 32.7 Å². The Morgan fingerprint density at radius 3 is 2.54 bits per heavy atom. The first-order chi connectivity index (χ1) is 11.2. The predicted octanol–water partition coefficient (Wildman–Crippen LogP) is 2.66. The molecule has 2 aromatic rings. The second kappa shape index (κ2) is 7.29. The Bertz CT molecular complexity index is 869. The fraction of sp³-hybridized carbons (Fsp3) is 0.188. The first kappa shape index (κ1) is 18.4. The van der Waals surface area contributed by atoms with Crippen LogP contribution in [0.1, 0.15) is 15.9 Å². The fourth-order valence-corrected chi connectivity index (χ4v) is 3.36. The summed E-state index contributed by atoms with van der Waals surface area (Å²) in [6.07, 6.45) is 0. The summed E-state index contributed by atoms with van der Waals surface area (Å²) in [6.45, 7) is 0.120. The third-order valence-corrected chi connectivity index (χ3v) is 5.59. The number of halogens is 2. The van der Waals surface area contributed by atoms with Gasteiger partial charge in [-0.3, -0.25) is 4.79 Å². The van der Waals surface area contributed by atoms with Gasteiger partial charge in [0.2, 0.25) is 10.0 Å². The van der Waals surface area contributed by atoms with Crippen LogP contribution < -0.4 is 5.32 Å². The van der Waals surface area contributed by atoms with Gasteiger partial charge in [-0.25, -0.2) is 17.1 Å². The highest BCUT2D eigenvalue weighted by Crippen LogP contribution is 2.24. The SMILES string of the molecule is CN(C)S(=O)(=O)c1cc(C(=O)NCc2cccc(F)c2)ccc1Cl. The van der Waals surface area contributed by atoms with Crippen molar-refractivity contribution >= 4 is 27.5 Å². The average molecular weight is 371 g/mol. The van der Waals surface area contributed by atoms with Gasteiger partial charge >= 0.3 is 0 Å².